The van der Waals surface area contributed by atoms with E-state index in [4.69, 9.17) is 4.74 Å². The first kappa shape index (κ1) is 14.2. The van der Waals surface area contributed by atoms with Crippen molar-refractivity contribution in [1.82, 2.24) is 5.32 Å². The summed E-state index contributed by atoms with van der Waals surface area (Å²) in [6, 6.07) is 8.50. The first-order valence-electron chi connectivity index (χ1n) is 5.96. The maximum atomic E-state index is 11.6. The zero-order valence-electron chi connectivity index (χ0n) is 10.7. The first-order valence-corrected chi connectivity index (χ1v) is 5.96. The molecule has 1 N–H and O–H groups in total. The Morgan fingerprint density at radius 1 is 1.33 bits per heavy atom. The molecule has 0 fully saturated rings. The van der Waals surface area contributed by atoms with Crippen molar-refractivity contribution < 1.29 is 14.3 Å². The van der Waals surface area contributed by atoms with E-state index in [1.807, 2.05) is 38.3 Å². The molecule has 97 valence electrons. The Hall–Kier alpha value is -1.84. The highest BCUT2D eigenvalue weighted by atomic mass is 16.5. The molecule has 0 bridgehead atoms. The predicted molar refractivity (Wildman–Crippen MR) is 69.0 cm³/mol. The Kier molecular flexibility index (Phi) is 5.91. The summed E-state index contributed by atoms with van der Waals surface area (Å²) in [5, 5.41) is 2.58. The van der Waals surface area contributed by atoms with Gasteiger partial charge in [0.2, 0.25) is 6.29 Å². The number of hydrogen-bond donors (Lipinski definition) is 1. The van der Waals surface area contributed by atoms with Gasteiger partial charge < -0.3 is 10.1 Å². The molecule has 1 aromatic carbocycles. The van der Waals surface area contributed by atoms with Crippen molar-refractivity contribution in [3.8, 4) is 5.75 Å². The number of carbonyl (C=O) groups excluding carboxylic acids is 2. The zero-order valence-corrected chi connectivity index (χ0v) is 10.7. The Labute approximate surface area is 107 Å². The number of para-hydroxylation sites is 1. The minimum Gasteiger partial charge on any atom is -0.484 e. The molecule has 1 rings (SSSR count). The van der Waals surface area contributed by atoms with E-state index in [0.29, 0.717) is 18.1 Å². The molecule has 0 saturated carbocycles. The normalized spacial score (nSPS) is 11.9. The second-order valence-corrected chi connectivity index (χ2v) is 4.47. The van der Waals surface area contributed by atoms with E-state index >= 15 is 0 Å². The van der Waals surface area contributed by atoms with Gasteiger partial charge in [-0.25, -0.2) is 0 Å². The standard InChI is InChI=1S/C14H18NO3/c1-11(2)8-12(9-16)15-14(17)10-18-13-6-4-3-5-7-13/h3-7,11-12H,8,10H2,1-2H3,(H,15,17)/t12-/m0/s1. The van der Waals surface area contributed by atoms with Gasteiger partial charge in [0, 0.05) is 0 Å². The van der Waals surface area contributed by atoms with Crippen molar-refractivity contribution >= 4 is 12.2 Å². The number of carbonyl (C=O) groups is 1. The molecule has 0 unspecified atom stereocenters. The van der Waals surface area contributed by atoms with Gasteiger partial charge in [-0.15, -0.1) is 0 Å². The van der Waals surface area contributed by atoms with Crippen molar-refractivity contribution in [2.24, 2.45) is 5.92 Å². The highest BCUT2D eigenvalue weighted by molar-refractivity contribution is 5.80. The fourth-order valence-corrected chi connectivity index (χ4v) is 1.51. The molecule has 0 aliphatic rings. The molecule has 0 heterocycles. The molecule has 0 spiro atoms. The van der Waals surface area contributed by atoms with Gasteiger partial charge in [-0.05, 0) is 24.5 Å². The molecule has 1 radical (unpaired) electrons. The van der Waals surface area contributed by atoms with Gasteiger partial charge in [0.15, 0.2) is 6.61 Å². The minimum atomic E-state index is -0.558. The fraction of sp³-hybridized carbons (Fsp3) is 0.429. The Morgan fingerprint density at radius 3 is 2.56 bits per heavy atom. The van der Waals surface area contributed by atoms with Gasteiger partial charge in [-0.3, -0.25) is 9.59 Å². The van der Waals surface area contributed by atoms with Crippen LogP contribution in [0.15, 0.2) is 30.3 Å². The quantitative estimate of drug-likeness (QED) is 0.799. The van der Waals surface area contributed by atoms with Gasteiger partial charge in [-0.2, -0.15) is 0 Å². The smallest absolute Gasteiger partial charge is 0.258 e. The van der Waals surface area contributed by atoms with E-state index in [-0.39, 0.29) is 12.5 Å². The lowest BCUT2D eigenvalue weighted by Crippen LogP contribution is -2.39. The molecule has 0 saturated heterocycles. The van der Waals surface area contributed by atoms with Gasteiger partial charge in [0.1, 0.15) is 5.75 Å². The van der Waals surface area contributed by atoms with Crippen LogP contribution in [0, 0.1) is 5.92 Å². The van der Waals surface area contributed by atoms with Crippen LogP contribution in [0.5, 0.6) is 5.75 Å². The number of ether oxygens (including phenoxy) is 1. The van der Waals surface area contributed by atoms with Crippen molar-refractivity contribution in [2.45, 2.75) is 26.3 Å². The molecule has 1 aromatic rings. The number of hydrogen-bond acceptors (Lipinski definition) is 3. The number of nitrogens with one attached hydrogen (secondary N) is 1. The third-order valence-corrected chi connectivity index (χ3v) is 2.30. The van der Waals surface area contributed by atoms with Crippen LogP contribution in [-0.2, 0) is 9.59 Å². The molecule has 0 aromatic heterocycles. The molecule has 4 heteroatoms. The highest BCUT2D eigenvalue weighted by Gasteiger charge is 2.14. The lowest BCUT2D eigenvalue weighted by Gasteiger charge is -2.14. The Bertz CT molecular complexity index is 376. The number of amides is 1. The fourth-order valence-electron chi connectivity index (χ4n) is 1.51. The largest absolute Gasteiger partial charge is 0.484 e. The average Bonchev–Trinajstić information content (AvgIpc) is 2.36. The van der Waals surface area contributed by atoms with Crippen molar-refractivity contribution in [3.05, 3.63) is 30.3 Å². The summed E-state index contributed by atoms with van der Waals surface area (Å²) in [5.74, 6) is 0.641. The SMILES string of the molecule is CC(C)C[C@@H]([C]=O)NC(=O)COc1ccccc1. The van der Waals surface area contributed by atoms with Crippen molar-refractivity contribution in [2.75, 3.05) is 6.61 Å². The van der Waals surface area contributed by atoms with E-state index in [1.54, 1.807) is 12.1 Å². The lowest BCUT2D eigenvalue weighted by molar-refractivity contribution is -0.123. The van der Waals surface area contributed by atoms with Crippen LogP contribution in [0.2, 0.25) is 0 Å². The topological polar surface area (TPSA) is 55.4 Å². The summed E-state index contributed by atoms with van der Waals surface area (Å²) >= 11 is 0. The number of benzene rings is 1. The van der Waals surface area contributed by atoms with E-state index in [0.717, 1.165) is 0 Å². The van der Waals surface area contributed by atoms with Crippen LogP contribution < -0.4 is 10.1 Å². The summed E-state index contributed by atoms with van der Waals surface area (Å²) in [6.45, 7) is 3.87. The molecule has 18 heavy (non-hydrogen) atoms. The van der Waals surface area contributed by atoms with E-state index in [1.165, 1.54) is 0 Å². The molecular formula is C14H18NO3. The van der Waals surface area contributed by atoms with Crippen molar-refractivity contribution in [3.63, 3.8) is 0 Å². The summed E-state index contributed by atoms with van der Waals surface area (Å²) in [6.07, 6.45) is 2.41. The predicted octanol–water partition coefficient (Wildman–Crippen LogP) is 1.71. The average molecular weight is 248 g/mol. The zero-order chi connectivity index (χ0) is 13.4. The van der Waals surface area contributed by atoms with E-state index < -0.39 is 6.04 Å². The molecule has 1 atom stereocenters. The second kappa shape index (κ2) is 7.48. The summed E-state index contributed by atoms with van der Waals surface area (Å²) in [4.78, 5) is 22.2. The molecule has 4 nitrogen and oxygen atoms in total. The van der Waals surface area contributed by atoms with Gasteiger partial charge >= 0.3 is 0 Å². The Morgan fingerprint density at radius 2 is 2.00 bits per heavy atom. The van der Waals surface area contributed by atoms with Crippen LogP contribution in [0.3, 0.4) is 0 Å². The van der Waals surface area contributed by atoms with E-state index in [9.17, 15) is 9.59 Å². The van der Waals surface area contributed by atoms with Crippen molar-refractivity contribution in [1.29, 1.82) is 0 Å². The second-order valence-electron chi connectivity index (χ2n) is 4.47. The van der Waals surface area contributed by atoms with Crippen LogP contribution >= 0.6 is 0 Å². The Balaban J connectivity index is 2.34. The first-order chi connectivity index (χ1) is 8.61. The molecule has 0 aliphatic heterocycles. The maximum absolute atomic E-state index is 11.6. The monoisotopic (exact) mass is 248 g/mol. The lowest BCUT2D eigenvalue weighted by atomic mass is 10.1. The third-order valence-electron chi connectivity index (χ3n) is 2.30. The van der Waals surface area contributed by atoms with Gasteiger partial charge in [0.25, 0.3) is 5.91 Å². The van der Waals surface area contributed by atoms with Gasteiger partial charge in [0.05, 0.1) is 6.04 Å². The van der Waals surface area contributed by atoms with Crippen LogP contribution in [0.1, 0.15) is 20.3 Å². The van der Waals surface area contributed by atoms with Crippen LogP contribution in [0.25, 0.3) is 0 Å². The van der Waals surface area contributed by atoms with Crippen LogP contribution in [-0.4, -0.2) is 24.8 Å². The van der Waals surface area contributed by atoms with Gasteiger partial charge in [-0.1, -0.05) is 32.0 Å². The summed E-state index contributed by atoms with van der Waals surface area (Å²) in [5.41, 5.74) is 0. The van der Waals surface area contributed by atoms with Crippen LogP contribution in [0.4, 0.5) is 0 Å². The maximum Gasteiger partial charge on any atom is 0.258 e. The number of rotatable bonds is 7. The highest BCUT2D eigenvalue weighted by Crippen LogP contribution is 2.08. The molecule has 1 amide bonds. The third kappa shape index (κ3) is 5.48. The molecular weight excluding hydrogens is 230 g/mol. The summed E-state index contributed by atoms with van der Waals surface area (Å²) < 4.78 is 5.28. The van der Waals surface area contributed by atoms with E-state index in [2.05, 4.69) is 5.32 Å². The summed E-state index contributed by atoms with van der Waals surface area (Å²) in [7, 11) is 0. The minimum absolute atomic E-state index is 0.0969. The molecule has 0 aliphatic carbocycles.